The summed E-state index contributed by atoms with van der Waals surface area (Å²) in [7, 11) is 0. The zero-order chi connectivity index (χ0) is 19.4. The Morgan fingerprint density at radius 2 is 1.86 bits per heavy atom. The maximum atomic E-state index is 13.1. The highest BCUT2D eigenvalue weighted by Gasteiger charge is 2.55. The quantitative estimate of drug-likeness (QED) is 0.746. The molecule has 2 bridgehead atoms. The molecule has 0 radical (unpaired) electrons. The molecule has 0 spiro atoms. The minimum Gasteiger partial charge on any atom is -0.454 e. The summed E-state index contributed by atoms with van der Waals surface area (Å²) >= 11 is 0. The van der Waals surface area contributed by atoms with Gasteiger partial charge < -0.3 is 14.4 Å². The van der Waals surface area contributed by atoms with E-state index in [1.165, 1.54) is 5.56 Å². The van der Waals surface area contributed by atoms with Crippen molar-refractivity contribution in [3.05, 3.63) is 23.8 Å². The van der Waals surface area contributed by atoms with Gasteiger partial charge in [-0.15, -0.1) is 0 Å². The molecular weight excluding hydrogens is 356 g/mol. The lowest BCUT2D eigenvalue weighted by atomic mass is 9.75. The molecule has 5 aliphatic rings. The number of rotatable bonds is 4. The molecule has 6 rings (SSSR count). The van der Waals surface area contributed by atoms with Crippen molar-refractivity contribution < 1.29 is 19.1 Å². The molecule has 3 atom stereocenters. The van der Waals surface area contributed by atoms with Crippen LogP contribution in [-0.4, -0.2) is 60.0 Å². The van der Waals surface area contributed by atoms with Gasteiger partial charge in [-0.3, -0.25) is 14.5 Å². The van der Waals surface area contributed by atoms with Crippen LogP contribution in [0.5, 0.6) is 11.5 Å². The van der Waals surface area contributed by atoms with Crippen LogP contribution in [0.25, 0.3) is 0 Å². The zero-order valence-corrected chi connectivity index (χ0v) is 16.6. The number of likely N-dealkylation sites (tertiary alicyclic amines) is 1. The molecule has 1 aromatic carbocycles. The topological polar surface area (TPSA) is 59.1 Å². The Kier molecular flexibility index (Phi) is 4.34. The lowest BCUT2D eigenvalue weighted by molar-refractivity contribution is -0.148. The maximum absolute atomic E-state index is 13.1. The molecule has 5 heterocycles. The van der Waals surface area contributed by atoms with Crippen LogP contribution >= 0.6 is 0 Å². The van der Waals surface area contributed by atoms with Gasteiger partial charge in [0.1, 0.15) is 0 Å². The van der Waals surface area contributed by atoms with Crippen LogP contribution in [-0.2, 0) is 9.59 Å². The van der Waals surface area contributed by atoms with Crippen molar-refractivity contribution in [2.24, 2.45) is 11.8 Å². The van der Waals surface area contributed by atoms with Gasteiger partial charge in [0, 0.05) is 24.9 Å². The smallest absolute Gasteiger partial charge is 0.290 e. The molecule has 6 nitrogen and oxygen atoms in total. The predicted octanol–water partition coefficient (Wildman–Crippen LogP) is 2.42. The van der Waals surface area contributed by atoms with Gasteiger partial charge in [-0.2, -0.15) is 0 Å². The monoisotopic (exact) mass is 384 g/mol. The molecule has 28 heavy (non-hydrogen) atoms. The second-order valence-electron chi connectivity index (χ2n) is 9.05. The summed E-state index contributed by atoms with van der Waals surface area (Å²) in [6.45, 7) is 7.04. The highest BCUT2D eigenvalue weighted by atomic mass is 16.7. The molecule has 0 unspecified atom stereocenters. The lowest BCUT2D eigenvalue weighted by Crippen LogP contribution is -2.61. The summed E-state index contributed by atoms with van der Waals surface area (Å²) < 4.78 is 11.0. The first-order chi connectivity index (χ1) is 13.5. The van der Waals surface area contributed by atoms with E-state index in [1.54, 1.807) is 0 Å². The van der Waals surface area contributed by atoms with Crippen molar-refractivity contribution >= 4 is 11.7 Å². The Bertz CT molecular complexity index is 800. The molecule has 6 heteroatoms. The number of piperidine rings is 3. The highest BCUT2D eigenvalue weighted by Crippen LogP contribution is 2.48. The number of ketones is 1. The number of Topliss-reactive ketones (excluding diaryl/α,β-unsaturated/α-hetero) is 1. The Morgan fingerprint density at radius 3 is 2.61 bits per heavy atom. The fourth-order valence-electron chi connectivity index (χ4n) is 5.71. The Balaban J connectivity index is 1.47. The van der Waals surface area contributed by atoms with Crippen molar-refractivity contribution in [3.63, 3.8) is 0 Å². The molecule has 0 aliphatic carbocycles. The van der Waals surface area contributed by atoms with E-state index >= 15 is 0 Å². The average Bonchev–Trinajstić information content (AvgIpc) is 3.33. The van der Waals surface area contributed by atoms with E-state index in [-0.39, 0.29) is 36.4 Å². The maximum Gasteiger partial charge on any atom is 0.290 e. The predicted molar refractivity (Wildman–Crippen MR) is 103 cm³/mol. The number of benzene rings is 1. The van der Waals surface area contributed by atoms with Crippen LogP contribution in [0, 0.1) is 11.8 Å². The second kappa shape index (κ2) is 6.76. The van der Waals surface area contributed by atoms with Gasteiger partial charge in [0.15, 0.2) is 11.5 Å². The first-order valence-electron chi connectivity index (χ1n) is 10.5. The molecule has 150 valence electrons. The third kappa shape index (κ3) is 2.81. The summed E-state index contributed by atoms with van der Waals surface area (Å²) in [5, 5.41) is 0. The molecule has 0 N–H and O–H groups in total. The van der Waals surface area contributed by atoms with Gasteiger partial charge in [-0.05, 0) is 55.5 Å². The number of hydrogen-bond acceptors (Lipinski definition) is 5. The molecule has 1 amide bonds. The van der Waals surface area contributed by atoms with Crippen LogP contribution in [0.15, 0.2) is 18.2 Å². The van der Waals surface area contributed by atoms with Crippen LogP contribution < -0.4 is 9.47 Å². The minimum atomic E-state index is -0.277. The summed E-state index contributed by atoms with van der Waals surface area (Å²) in [6.07, 6.45) is 2.57. The Morgan fingerprint density at radius 1 is 1.11 bits per heavy atom. The lowest BCUT2D eigenvalue weighted by Gasteiger charge is -2.51. The van der Waals surface area contributed by atoms with Crippen LogP contribution in [0.3, 0.4) is 0 Å². The number of carbonyl (C=O) groups excluding carboxylic acids is 2. The summed E-state index contributed by atoms with van der Waals surface area (Å²) in [5.41, 5.74) is 1.18. The zero-order valence-electron chi connectivity index (χ0n) is 16.6. The minimum absolute atomic E-state index is 0.154. The van der Waals surface area contributed by atoms with Crippen molar-refractivity contribution in [1.29, 1.82) is 0 Å². The van der Waals surface area contributed by atoms with E-state index in [9.17, 15) is 9.59 Å². The van der Waals surface area contributed by atoms with E-state index in [2.05, 4.69) is 17.0 Å². The molecule has 0 saturated carbocycles. The standard InChI is InChI=1S/C22H28N2O4/c1-13(2)9-17(25)22(26)24-11-16(15-3-4-18-19(10-15)28-12-27-18)21-20(24)14-5-7-23(21)8-6-14/h3-4,10,13-14,16,20-21H,5-9,11-12H2,1-2H3/t16-,20+,21+/m1/s1. The number of hydrogen-bond donors (Lipinski definition) is 0. The van der Waals surface area contributed by atoms with Gasteiger partial charge in [-0.25, -0.2) is 0 Å². The first kappa shape index (κ1) is 18.0. The van der Waals surface area contributed by atoms with E-state index in [0.717, 1.165) is 37.4 Å². The van der Waals surface area contributed by atoms with Crippen molar-refractivity contribution in [1.82, 2.24) is 9.80 Å². The molecule has 5 aliphatic heterocycles. The molecule has 4 fully saturated rings. The average molecular weight is 384 g/mol. The molecule has 0 aromatic heterocycles. The summed E-state index contributed by atoms with van der Waals surface area (Å²) in [4.78, 5) is 30.1. The summed E-state index contributed by atoms with van der Waals surface area (Å²) in [6, 6.07) is 6.59. The summed E-state index contributed by atoms with van der Waals surface area (Å²) in [5.74, 6) is 1.96. The molecular formula is C22H28N2O4. The van der Waals surface area contributed by atoms with E-state index in [1.807, 2.05) is 24.8 Å². The fraction of sp³-hybridized carbons (Fsp3) is 0.636. The van der Waals surface area contributed by atoms with Crippen LogP contribution in [0.4, 0.5) is 0 Å². The number of fused-ring (bicyclic) bond motifs is 3. The van der Waals surface area contributed by atoms with E-state index in [0.29, 0.717) is 24.9 Å². The van der Waals surface area contributed by atoms with E-state index in [4.69, 9.17) is 9.47 Å². The number of amides is 1. The third-order valence-corrected chi connectivity index (χ3v) is 6.91. The van der Waals surface area contributed by atoms with Gasteiger partial charge in [0.25, 0.3) is 5.91 Å². The van der Waals surface area contributed by atoms with Gasteiger partial charge in [0.05, 0.1) is 6.04 Å². The number of nitrogens with zero attached hydrogens (tertiary/aromatic N) is 2. The van der Waals surface area contributed by atoms with Gasteiger partial charge >= 0.3 is 0 Å². The number of carbonyl (C=O) groups is 2. The van der Waals surface area contributed by atoms with E-state index < -0.39 is 0 Å². The normalized spacial score (nSPS) is 32.7. The number of ether oxygens (including phenoxy) is 2. The largest absolute Gasteiger partial charge is 0.454 e. The van der Waals surface area contributed by atoms with Gasteiger partial charge in [-0.1, -0.05) is 19.9 Å². The van der Waals surface area contributed by atoms with Crippen molar-refractivity contribution in [2.45, 2.75) is 51.1 Å². The Labute approximate surface area is 165 Å². The Hall–Kier alpha value is -2.08. The molecule has 1 aromatic rings. The second-order valence-corrected chi connectivity index (χ2v) is 9.05. The highest BCUT2D eigenvalue weighted by molar-refractivity contribution is 6.36. The van der Waals surface area contributed by atoms with Crippen LogP contribution in [0.1, 0.15) is 44.6 Å². The third-order valence-electron chi connectivity index (χ3n) is 6.91. The van der Waals surface area contributed by atoms with Crippen LogP contribution in [0.2, 0.25) is 0 Å². The van der Waals surface area contributed by atoms with Crippen molar-refractivity contribution in [3.8, 4) is 11.5 Å². The molecule has 4 saturated heterocycles. The first-order valence-corrected chi connectivity index (χ1v) is 10.5. The fourth-order valence-corrected chi connectivity index (χ4v) is 5.71. The van der Waals surface area contributed by atoms with Gasteiger partial charge in [0.2, 0.25) is 12.6 Å². The SMILES string of the molecule is CC(C)CC(=O)C(=O)N1C[C@H](c2ccc3c(c2)OCO3)[C@H]2[C@@H]1C1CCN2CC1. The van der Waals surface area contributed by atoms with Crippen molar-refractivity contribution in [2.75, 3.05) is 26.4 Å².